The molecule has 1 aromatic rings. The summed E-state index contributed by atoms with van der Waals surface area (Å²) in [6.07, 6.45) is 9.28. The maximum Gasteiger partial charge on any atom is 0.230 e. The number of ether oxygens (including phenoxy) is 1. The lowest BCUT2D eigenvalue weighted by Crippen LogP contribution is -2.41. The molecular formula is C16H25N3O2. The Bertz CT molecular complexity index is 497. The van der Waals surface area contributed by atoms with E-state index in [2.05, 4.69) is 10.1 Å². The van der Waals surface area contributed by atoms with Crippen molar-refractivity contribution in [2.75, 3.05) is 6.61 Å². The van der Waals surface area contributed by atoms with Crippen LogP contribution >= 0.6 is 0 Å². The Balaban J connectivity index is 1.41. The predicted molar refractivity (Wildman–Crippen MR) is 77.6 cm³/mol. The van der Waals surface area contributed by atoms with E-state index in [1.165, 1.54) is 32.1 Å². The second-order valence-electron chi connectivity index (χ2n) is 7.38. The lowest BCUT2D eigenvalue weighted by atomic mass is 9.95. The largest absolute Gasteiger partial charge is 0.376 e. The van der Waals surface area contributed by atoms with Gasteiger partial charge in [0.05, 0.1) is 12.7 Å². The Morgan fingerprint density at radius 1 is 1.19 bits per heavy atom. The second-order valence-corrected chi connectivity index (χ2v) is 7.38. The van der Waals surface area contributed by atoms with E-state index >= 15 is 0 Å². The number of aromatic nitrogens is 2. The summed E-state index contributed by atoms with van der Waals surface area (Å²) < 4.78 is 11.3. The zero-order valence-electron chi connectivity index (χ0n) is 12.8. The molecule has 3 atom stereocenters. The number of nitrogens with two attached hydrogens (primary N) is 1. The van der Waals surface area contributed by atoms with Gasteiger partial charge in [0.15, 0.2) is 5.82 Å². The van der Waals surface area contributed by atoms with E-state index in [1.807, 2.05) is 6.92 Å². The van der Waals surface area contributed by atoms with E-state index in [-0.39, 0.29) is 0 Å². The zero-order valence-corrected chi connectivity index (χ0v) is 12.8. The van der Waals surface area contributed by atoms with Crippen LogP contribution in [-0.4, -0.2) is 22.9 Å². The molecule has 0 bridgehead atoms. The maximum absolute atomic E-state index is 6.34. The molecule has 3 aliphatic carbocycles. The zero-order chi connectivity index (χ0) is 14.4. The van der Waals surface area contributed by atoms with Gasteiger partial charge < -0.3 is 15.0 Å². The minimum Gasteiger partial charge on any atom is -0.376 e. The van der Waals surface area contributed by atoms with Gasteiger partial charge in [-0.1, -0.05) is 18.0 Å². The minimum absolute atomic E-state index is 0.380. The number of hydrogen-bond acceptors (Lipinski definition) is 5. The molecule has 2 N–H and O–H groups in total. The van der Waals surface area contributed by atoms with Gasteiger partial charge in [-0.2, -0.15) is 4.98 Å². The van der Waals surface area contributed by atoms with E-state index in [4.69, 9.17) is 15.0 Å². The Morgan fingerprint density at radius 3 is 2.52 bits per heavy atom. The predicted octanol–water partition coefficient (Wildman–Crippen LogP) is 2.72. The molecule has 0 radical (unpaired) electrons. The second kappa shape index (κ2) is 5.06. The number of rotatable bonds is 5. The first kappa shape index (κ1) is 13.7. The van der Waals surface area contributed by atoms with Crippen molar-refractivity contribution in [2.45, 2.75) is 69.4 Å². The van der Waals surface area contributed by atoms with Crippen LogP contribution in [0.2, 0.25) is 0 Å². The normalized spacial score (nSPS) is 34.9. The van der Waals surface area contributed by atoms with Crippen molar-refractivity contribution >= 4 is 0 Å². The van der Waals surface area contributed by atoms with Gasteiger partial charge in [0, 0.05) is 5.92 Å². The molecule has 5 nitrogen and oxygen atoms in total. The van der Waals surface area contributed by atoms with Crippen molar-refractivity contribution < 1.29 is 9.26 Å². The summed E-state index contributed by atoms with van der Waals surface area (Å²) >= 11 is 0. The molecule has 5 heteroatoms. The standard InChI is InChI=1S/C16H25N3O2/c1-16(17,9-20-10-5-4-6-10)15-18-14(21-19-15)13-11-7-2-3-8-12(11)13/h10-13H,2-9,17H2,1H3. The van der Waals surface area contributed by atoms with E-state index in [9.17, 15) is 0 Å². The molecule has 4 rings (SSSR count). The molecule has 1 aromatic heterocycles. The third-order valence-corrected chi connectivity index (χ3v) is 5.57. The average molecular weight is 291 g/mol. The topological polar surface area (TPSA) is 74.2 Å². The van der Waals surface area contributed by atoms with Crippen LogP contribution < -0.4 is 5.73 Å². The van der Waals surface area contributed by atoms with Crippen LogP contribution in [0.15, 0.2) is 4.52 Å². The summed E-state index contributed by atoms with van der Waals surface area (Å²) in [5.74, 6) is 3.46. The Kier molecular flexibility index (Phi) is 3.30. The van der Waals surface area contributed by atoms with E-state index in [0.29, 0.717) is 24.5 Å². The molecule has 116 valence electrons. The molecule has 0 amide bonds. The number of hydrogen-bond donors (Lipinski definition) is 1. The summed E-state index contributed by atoms with van der Waals surface area (Å²) in [5, 5.41) is 4.14. The fourth-order valence-corrected chi connectivity index (χ4v) is 3.85. The van der Waals surface area contributed by atoms with Gasteiger partial charge in [-0.25, -0.2) is 0 Å². The molecule has 0 saturated heterocycles. The third kappa shape index (κ3) is 2.50. The van der Waals surface area contributed by atoms with Gasteiger partial charge in [0.25, 0.3) is 0 Å². The maximum atomic E-state index is 6.34. The summed E-state index contributed by atoms with van der Waals surface area (Å²) in [6.45, 7) is 2.40. The van der Waals surface area contributed by atoms with Gasteiger partial charge in [0.1, 0.15) is 5.54 Å². The first-order chi connectivity index (χ1) is 10.1. The van der Waals surface area contributed by atoms with Crippen LogP contribution in [-0.2, 0) is 10.3 Å². The highest BCUT2D eigenvalue weighted by molar-refractivity contribution is 5.16. The van der Waals surface area contributed by atoms with Crippen molar-refractivity contribution in [1.29, 1.82) is 0 Å². The summed E-state index contributed by atoms with van der Waals surface area (Å²) in [7, 11) is 0. The lowest BCUT2D eigenvalue weighted by Gasteiger charge is -2.29. The average Bonchev–Trinajstić information content (AvgIpc) is 2.92. The first-order valence-electron chi connectivity index (χ1n) is 8.40. The first-order valence-corrected chi connectivity index (χ1v) is 8.40. The van der Waals surface area contributed by atoms with Crippen LogP contribution in [0, 0.1) is 11.8 Å². The third-order valence-electron chi connectivity index (χ3n) is 5.57. The van der Waals surface area contributed by atoms with Crippen LogP contribution in [0.1, 0.15) is 69.5 Å². The summed E-state index contributed by atoms with van der Waals surface area (Å²) in [5.41, 5.74) is 5.68. The molecule has 0 aliphatic heterocycles. The van der Waals surface area contributed by atoms with Crippen molar-refractivity contribution in [2.24, 2.45) is 17.6 Å². The molecule has 1 heterocycles. The molecular weight excluding hydrogens is 266 g/mol. The fourth-order valence-electron chi connectivity index (χ4n) is 3.85. The highest BCUT2D eigenvalue weighted by atomic mass is 16.5. The lowest BCUT2D eigenvalue weighted by molar-refractivity contribution is -0.0222. The SMILES string of the molecule is CC(N)(COC1CCC1)c1noc(C2C3CCCCC32)n1. The van der Waals surface area contributed by atoms with Crippen LogP contribution in [0.4, 0.5) is 0 Å². The van der Waals surface area contributed by atoms with E-state index in [1.54, 1.807) is 0 Å². The molecule has 3 fully saturated rings. The molecule has 21 heavy (non-hydrogen) atoms. The van der Waals surface area contributed by atoms with Gasteiger partial charge in [-0.05, 0) is 50.9 Å². The smallest absolute Gasteiger partial charge is 0.230 e. The number of fused-ring (bicyclic) bond motifs is 1. The Hall–Kier alpha value is -0.940. The molecule has 3 saturated carbocycles. The van der Waals surface area contributed by atoms with Crippen molar-refractivity contribution in [3.63, 3.8) is 0 Å². The van der Waals surface area contributed by atoms with Crippen molar-refractivity contribution in [3.8, 4) is 0 Å². The van der Waals surface area contributed by atoms with E-state index in [0.717, 1.165) is 30.6 Å². The fraction of sp³-hybridized carbons (Fsp3) is 0.875. The van der Waals surface area contributed by atoms with Crippen LogP contribution in [0.25, 0.3) is 0 Å². The van der Waals surface area contributed by atoms with E-state index < -0.39 is 5.54 Å². The monoisotopic (exact) mass is 291 g/mol. The van der Waals surface area contributed by atoms with Crippen LogP contribution in [0.3, 0.4) is 0 Å². The highest BCUT2D eigenvalue weighted by Gasteiger charge is 2.54. The molecule has 3 unspecified atom stereocenters. The van der Waals surface area contributed by atoms with Gasteiger partial charge in [-0.3, -0.25) is 0 Å². The van der Waals surface area contributed by atoms with Gasteiger partial charge in [-0.15, -0.1) is 0 Å². The van der Waals surface area contributed by atoms with Gasteiger partial charge in [0.2, 0.25) is 5.89 Å². The molecule has 0 aromatic carbocycles. The molecule has 3 aliphatic rings. The number of nitrogens with zero attached hydrogens (tertiary/aromatic N) is 2. The highest BCUT2D eigenvalue weighted by Crippen LogP contribution is 2.60. The minimum atomic E-state index is -0.655. The van der Waals surface area contributed by atoms with Gasteiger partial charge >= 0.3 is 0 Å². The molecule has 0 spiro atoms. The Morgan fingerprint density at radius 2 is 1.90 bits per heavy atom. The quantitative estimate of drug-likeness (QED) is 0.903. The Labute approximate surface area is 125 Å². The summed E-state index contributed by atoms with van der Waals surface area (Å²) in [4.78, 5) is 4.61. The van der Waals surface area contributed by atoms with Crippen molar-refractivity contribution in [3.05, 3.63) is 11.7 Å². The van der Waals surface area contributed by atoms with Crippen molar-refractivity contribution in [1.82, 2.24) is 10.1 Å². The van der Waals surface area contributed by atoms with Crippen LogP contribution in [0.5, 0.6) is 0 Å². The summed E-state index contributed by atoms with van der Waals surface area (Å²) in [6, 6.07) is 0.